The number of carbonyl (C=O) groups excluding carboxylic acids is 1. The molecule has 2 fully saturated rings. The highest BCUT2D eigenvalue weighted by Crippen LogP contribution is 2.49. The molecule has 2 aliphatic carbocycles. The Hall–Kier alpha value is -0.830. The maximum atomic E-state index is 11.7. The van der Waals surface area contributed by atoms with Gasteiger partial charge in [-0.15, -0.1) is 6.58 Å². The predicted octanol–water partition coefficient (Wildman–Crippen LogP) is 1.70. The molecule has 2 rings (SSSR count). The van der Waals surface area contributed by atoms with E-state index in [0.29, 0.717) is 19.1 Å². The molecule has 2 saturated carbocycles. The molecule has 0 radical (unpaired) electrons. The third-order valence-electron chi connectivity index (χ3n) is 4.40. The summed E-state index contributed by atoms with van der Waals surface area (Å²) in [5.41, 5.74) is 0. The molecule has 0 aromatic rings. The van der Waals surface area contributed by atoms with E-state index in [-0.39, 0.29) is 5.91 Å². The summed E-state index contributed by atoms with van der Waals surface area (Å²) in [5, 5.41) is 6.16. The van der Waals surface area contributed by atoms with E-state index in [0.717, 1.165) is 17.8 Å². The molecule has 2 N–H and O–H groups in total. The quantitative estimate of drug-likeness (QED) is 0.544. The first-order valence-corrected chi connectivity index (χ1v) is 6.81. The van der Waals surface area contributed by atoms with Crippen LogP contribution in [0.15, 0.2) is 12.7 Å². The molecule has 96 valence electrons. The van der Waals surface area contributed by atoms with Crippen molar-refractivity contribution in [3.8, 4) is 0 Å². The molecule has 0 saturated heterocycles. The van der Waals surface area contributed by atoms with E-state index >= 15 is 0 Å². The number of hydrogen-bond acceptors (Lipinski definition) is 2. The Morgan fingerprint density at radius 3 is 2.88 bits per heavy atom. The average molecular weight is 236 g/mol. The molecular formula is C14H24N2O. The van der Waals surface area contributed by atoms with E-state index in [1.807, 2.05) is 0 Å². The van der Waals surface area contributed by atoms with Crippen molar-refractivity contribution in [2.75, 3.05) is 13.1 Å². The molecule has 1 amide bonds. The maximum absolute atomic E-state index is 11.7. The summed E-state index contributed by atoms with van der Waals surface area (Å²) in [6.45, 7) is 6.87. The van der Waals surface area contributed by atoms with Gasteiger partial charge >= 0.3 is 0 Å². The lowest BCUT2D eigenvalue weighted by atomic mass is 9.84. The summed E-state index contributed by atoms with van der Waals surface area (Å²) in [6, 6.07) is 0.336. The van der Waals surface area contributed by atoms with Gasteiger partial charge in [0.2, 0.25) is 5.91 Å². The molecule has 17 heavy (non-hydrogen) atoms. The van der Waals surface area contributed by atoms with Crippen molar-refractivity contribution in [2.24, 2.45) is 17.8 Å². The molecule has 4 unspecified atom stereocenters. The highest BCUT2D eigenvalue weighted by Gasteiger charge is 2.41. The Bertz CT molecular complexity index is 290. The van der Waals surface area contributed by atoms with Crippen molar-refractivity contribution < 1.29 is 4.79 Å². The Kier molecular flexibility index (Phi) is 4.21. The van der Waals surface area contributed by atoms with Gasteiger partial charge in [-0.3, -0.25) is 4.79 Å². The first-order valence-electron chi connectivity index (χ1n) is 6.81. The van der Waals surface area contributed by atoms with E-state index < -0.39 is 0 Å². The zero-order valence-electron chi connectivity index (χ0n) is 10.7. The van der Waals surface area contributed by atoms with Gasteiger partial charge in [-0.2, -0.15) is 0 Å². The lowest BCUT2D eigenvalue weighted by molar-refractivity contribution is -0.121. The third kappa shape index (κ3) is 3.09. The molecule has 0 aromatic heterocycles. The molecule has 0 spiro atoms. The second-order valence-electron chi connectivity index (χ2n) is 5.61. The van der Waals surface area contributed by atoms with Crippen molar-refractivity contribution in [3.63, 3.8) is 0 Å². The van der Waals surface area contributed by atoms with E-state index in [4.69, 9.17) is 0 Å². The second-order valence-corrected chi connectivity index (χ2v) is 5.61. The number of amides is 1. The van der Waals surface area contributed by atoms with Crippen LogP contribution >= 0.6 is 0 Å². The summed E-state index contributed by atoms with van der Waals surface area (Å²) >= 11 is 0. The van der Waals surface area contributed by atoms with Crippen molar-refractivity contribution in [1.82, 2.24) is 10.6 Å². The van der Waals surface area contributed by atoms with Gasteiger partial charge in [-0.05, 0) is 43.9 Å². The van der Waals surface area contributed by atoms with Gasteiger partial charge in [-0.1, -0.05) is 12.5 Å². The summed E-state index contributed by atoms with van der Waals surface area (Å²) in [7, 11) is 0. The van der Waals surface area contributed by atoms with Crippen LogP contribution in [0.3, 0.4) is 0 Å². The Labute approximate surface area is 104 Å². The van der Waals surface area contributed by atoms with Crippen LogP contribution in [0.5, 0.6) is 0 Å². The lowest BCUT2D eigenvalue weighted by Crippen LogP contribution is -2.43. The number of nitrogens with one attached hydrogen (secondary N) is 2. The van der Waals surface area contributed by atoms with Crippen molar-refractivity contribution in [3.05, 3.63) is 12.7 Å². The topological polar surface area (TPSA) is 41.1 Å². The summed E-state index contributed by atoms with van der Waals surface area (Å²) in [4.78, 5) is 11.7. The SMILES string of the molecule is C=CCNCC(=O)NC(C)C1CC2CCC1C2. The Balaban J connectivity index is 1.71. The van der Waals surface area contributed by atoms with Crippen molar-refractivity contribution >= 4 is 5.91 Å². The minimum absolute atomic E-state index is 0.113. The van der Waals surface area contributed by atoms with Gasteiger partial charge in [-0.25, -0.2) is 0 Å². The highest BCUT2D eigenvalue weighted by atomic mass is 16.1. The van der Waals surface area contributed by atoms with Crippen LogP contribution < -0.4 is 10.6 Å². The van der Waals surface area contributed by atoms with E-state index in [2.05, 4.69) is 24.1 Å². The number of hydrogen-bond donors (Lipinski definition) is 2. The normalized spacial score (nSPS) is 32.4. The van der Waals surface area contributed by atoms with Crippen LogP contribution in [-0.4, -0.2) is 25.0 Å². The Morgan fingerprint density at radius 1 is 1.47 bits per heavy atom. The van der Waals surface area contributed by atoms with Crippen LogP contribution in [0.2, 0.25) is 0 Å². The average Bonchev–Trinajstić information content (AvgIpc) is 2.91. The second kappa shape index (κ2) is 5.67. The van der Waals surface area contributed by atoms with Crippen LogP contribution in [0.4, 0.5) is 0 Å². The van der Waals surface area contributed by atoms with Crippen LogP contribution in [0.25, 0.3) is 0 Å². The van der Waals surface area contributed by atoms with Gasteiger partial charge in [0.15, 0.2) is 0 Å². The number of rotatable bonds is 6. The van der Waals surface area contributed by atoms with Gasteiger partial charge in [0.1, 0.15) is 0 Å². The molecular weight excluding hydrogens is 212 g/mol. The largest absolute Gasteiger partial charge is 0.352 e. The highest BCUT2D eigenvalue weighted by molar-refractivity contribution is 5.78. The van der Waals surface area contributed by atoms with Gasteiger partial charge in [0.25, 0.3) is 0 Å². The summed E-state index contributed by atoms with van der Waals surface area (Å²) < 4.78 is 0. The van der Waals surface area contributed by atoms with E-state index in [1.165, 1.54) is 25.7 Å². The van der Waals surface area contributed by atoms with E-state index in [1.54, 1.807) is 6.08 Å². The summed E-state index contributed by atoms with van der Waals surface area (Å²) in [6.07, 6.45) is 7.30. The predicted molar refractivity (Wildman–Crippen MR) is 69.6 cm³/mol. The first kappa shape index (κ1) is 12.6. The number of fused-ring (bicyclic) bond motifs is 2. The molecule has 0 aliphatic heterocycles. The molecule has 3 heteroatoms. The molecule has 2 bridgehead atoms. The lowest BCUT2D eigenvalue weighted by Gasteiger charge is -2.28. The minimum Gasteiger partial charge on any atom is -0.352 e. The minimum atomic E-state index is 0.113. The third-order valence-corrected chi connectivity index (χ3v) is 4.40. The maximum Gasteiger partial charge on any atom is 0.234 e. The monoisotopic (exact) mass is 236 g/mol. The van der Waals surface area contributed by atoms with E-state index in [9.17, 15) is 4.79 Å². The zero-order valence-corrected chi connectivity index (χ0v) is 10.7. The fourth-order valence-electron chi connectivity index (χ4n) is 3.61. The number of carbonyl (C=O) groups is 1. The smallest absolute Gasteiger partial charge is 0.234 e. The molecule has 0 heterocycles. The summed E-state index contributed by atoms with van der Waals surface area (Å²) in [5.74, 6) is 2.65. The molecule has 4 atom stereocenters. The Morgan fingerprint density at radius 2 is 2.29 bits per heavy atom. The van der Waals surface area contributed by atoms with Crippen molar-refractivity contribution in [1.29, 1.82) is 0 Å². The standard InChI is InChI=1S/C14H24N2O/c1-3-6-15-9-14(17)16-10(2)13-8-11-4-5-12(13)7-11/h3,10-13,15H,1,4-9H2,2H3,(H,16,17). The fraction of sp³-hybridized carbons (Fsp3) is 0.786. The van der Waals surface area contributed by atoms with Crippen molar-refractivity contribution in [2.45, 2.75) is 38.6 Å². The first-order chi connectivity index (χ1) is 8.20. The van der Waals surface area contributed by atoms with Crippen LogP contribution in [0, 0.1) is 17.8 Å². The van der Waals surface area contributed by atoms with Crippen LogP contribution in [0.1, 0.15) is 32.6 Å². The molecule has 0 aromatic carbocycles. The van der Waals surface area contributed by atoms with Gasteiger partial charge in [0.05, 0.1) is 6.54 Å². The zero-order chi connectivity index (χ0) is 12.3. The van der Waals surface area contributed by atoms with Gasteiger partial charge in [0, 0.05) is 12.6 Å². The molecule has 2 aliphatic rings. The van der Waals surface area contributed by atoms with Gasteiger partial charge < -0.3 is 10.6 Å². The van der Waals surface area contributed by atoms with Crippen LogP contribution in [-0.2, 0) is 4.79 Å². The fourth-order valence-corrected chi connectivity index (χ4v) is 3.61. The molecule has 3 nitrogen and oxygen atoms in total.